The maximum Gasteiger partial charge on any atom is 0.270 e. The second-order valence-electron chi connectivity index (χ2n) is 11.2. The van der Waals surface area contributed by atoms with E-state index in [1.807, 2.05) is 6.08 Å². The normalized spacial score (nSPS) is 22.7. The van der Waals surface area contributed by atoms with Gasteiger partial charge in [0.2, 0.25) is 10.0 Å². The Bertz CT molecular complexity index is 1860. The van der Waals surface area contributed by atoms with Crippen LogP contribution in [-0.4, -0.2) is 51.8 Å². The molecule has 3 aromatic carbocycles. The van der Waals surface area contributed by atoms with E-state index in [2.05, 4.69) is 0 Å². The molecule has 0 N–H and O–H groups in total. The second kappa shape index (κ2) is 12.1. The van der Waals surface area contributed by atoms with Crippen molar-refractivity contribution in [2.75, 3.05) is 6.54 Å². The zero-order valence-electron chi connectivity index (χ0n) is 23.9. The van der Waals surface area contributed by atoms with Gasteiger partial charge in [0, 0.05) is 41.8 Å². The number of non-ortho nitro benzene ring substituents is 2. The van der Waals surface area contributed by atoms with Crippen LogP contribution in [0.4, 0.5) is 11.4 Å². The van der Waals surface area contributed by atoms with Crippen LogP contribution in [0.25, 0.3) is 6.08 Å². The third-order valence-corrected chi connectivity index (χ3v) is 10.7. The number of rotatable bonds is 7. The molecule has 12 nitrogen and oxygen atoms in total. The molecular weight excluding hydrogens is 622 g/mol. The summed E-state index contributed by atoms with van der Waals surface area (Å²) in [6.45, 7) is 0.147. The number of allylic oxidation sites excluding steroid dienone is 1. The molecule has 2 heterocycles. The lowest BCUT2D eigenvalue weighted by molar-refractivity contribution is -0.385. The summed E-state index contributed by atoms with van der Waals surface area (Å²) in [5, 5.41) is 29.5. The number of hydrogen-bond donors (Lipinski definition) is 0. The minimum atomic E-state index is -4.04. The molecular formula is C31H28ClN5O7S. The van der Waals surface area contributed by atoms with Gasteiger partial charge >= 0.3 is 0 Å². The van der Waals surface area contributed by atoms with Gasteiger partial charge in [-0.15, -0.1) is 0 Å². The second-order valence-corrected chi connectivity index (χ2v) is 13.5. The van der Waals surface area contributed by atoms with E-state index in [-0.39, 0.29) is 35.2 Å². The van der Waals surface area contributed by atoms with Crippen molar-refractivity contribution in [1.29, 1.82) is 0 Å². The summed E-state index contributed by atoms with van der Waals surface area (Å²) in [4.78, 5) is 36.5. The molecule has 2 fully saturated rings. The number of benzene rings is 3. The Hall–Kier alpha value is -4.46. The van der Waals surface area contributed by atoms with E-state index in [9.17, 15) is 33.4 Å². The Morgan fingerprint density at radius 2 is 1.62 bits per heavy atom. The summed E-state index contributed by atoms with van der Waals surface area (Å²) in [7, 11) is -4.04. The smallest absolute Gasteiger partial charge is 0.270 e. The van der Waals surface area contributed by atoms with Crippen LogP contribution >= 0.6 is 11.6 Å². The molecule has 0 radical (unpaired) electrons. The molecule has 2 aliphatic heterocycles. The zero-order chi connectivity index (χ0) is 31.9. The van der Waals surface area contributed by atoms with Gasteiger partial charge in [-0.05, 0) is 79.1 Å². The zero-order valence-corrected chi connectivity index (χ0v) is 25.4. The molecule has 14 heteroatoms. The number of carbonyl (C=O) groups excluding carboxylic acids is 1. The number of carbonyl (C=O) groups is 1. The highest BCUT2D eigenvalue weighted by Gasteiger charge is 2.49. The maximum absolute atomic E-state index is 14.4. The van der Waals surface area contributed by atoms with Crippen molar-refractivity contribution >= 4 is 50.7 Å². The summed E-state index contributed by atoms with van der Waals surface area (Å²) in [5.74, 6) is -0.837. The Balaban J connectivity index is 1.41. The summed E-state index contributed by atoms with van der Waals surface area (Å²) >= 11 is 5.98. The molecule has 3 aliphatic rings. The SMILES string of the molecule is O=C(C1CCCN1S(=O)(=O)c1ccc(Cl)cc1)N1N=C2C(=Cc3cccc([N+](=O)[O-])c3)CCCC2C1c1cccc([N+](=O)[O-])c1. The lowest BCUT2D eigenvalue weighted by Crippen LogP contribution is -2.46. The molecule has 232 valence electrons. The molecule has 0 spiro atoms. The molecule has 0 bridgehead atoms. The minimum absolute atomic E-state index is 0.0189. The third-order valence-electron chi connectivity index (χ3n) is 8.48. The number of nitro benzene ring substituents is 2. The van der Waals surface area contributed by atoms with E-state index in [4.69, 9.17) is 16.7 Å². The number of nitro groups is 2. The van der Waals surface area contributed by atoms with Crippen LogP contribution < -0.4 is 0 Å². The van der Waals surface area contributed by atoms with Crippen molar-refractivity contribution in [3.05, 3.63) is 115 Å². The summed E-state index contributed by atoms with van der Waals surface area (Å²) in [6.07, 6.45) is 4.57. The lowest BCUT2D eigenvalue weighted by atomic mass is 9.77. The summed E-state index contributed by atoms with van der Waals surface area (Å²) in [6, 6.07) is 16.3. The first kappa shape index (κ1) is 30.6. The molecule has 1 saturated carbocycles. The molecule has 1 saturated heterocycles. The molecule has 3 aromatic rings. The number of amides is 1. The van der Waals surface area contributed by atoms with Crippen molar-refractivity contribution in [2.24, 2.45) is 11.0 Å². The van der Waals surface area contributed by atoms with Crippen molar-refractivity contribution in [3.63, 3.8) is 0 Å². The predicted octanol–water partition coefficient (Wildman–Crippen LogP) is 6.13. The highest BCUT2D eigenvalue weighted by atomic mass is 35.5. The standard InChI is InChI=1S/C31H28ClN5O7S/c32-23-12-14-26(15-13-23)45(43,44)34-16-4-11-28(34)31(38)35-30(22-7-2-9-25(19-22)37(41)42)27-10-3-6-21(29(27)33-35)17-20-5-1-8-24(18-20)36(39)40/h1-2,5,7-9,12-15,17-19,27-28,30H,3-4,6,10-11,16H2. The fraction of sp³-hybridized carbons (Fsp3) is 0.290. The van der Waals surface area contributed by atoms with E-state index in [0.717, 1.165) is 12.0 Å². The van der Waals surface area contributed by atoms with Crippen molar-refractivity contribution in [3.8, 4) is 0 Å². The van der Waals surface area contributed by atoms with Crippen molar-refractivity contribution < 1.29 is 23.1 Å². The van der Waals surface area contributed by atoms with E-state index >= 15 is 0 Å². The van der Waals surface area contributed by atoms with Crippen molar-refractivity contribution in [2.45, 2.75) is 49.1 Å². The Kier molecular flexibility index (Phi) is 8.25. The first-order valence-corrected chi connectivity index (χ1v) is 16.2. The third kappa shape index (κ3) is 5.86. The van der Waals surface area contributed by atoms with Crippen LogP contribution in [0, 0.1) is 26.1 Å². The van der Waals surface area contributed by atoms with Crippen LogP contribution in [0.1, 0.15) is 49.3 Å². The highest BCUT2D eigenvalue weighted by Crippen LogP contribution is 2.46. The average molecular weight is 650 g/mol. The molecule has 6 rings (SSSR count). The molecule has 3 unspecified atom stereocenters. The highest BCUT2D eigenvalue weighted by molar-refractivity contribution is 7.89. The number of halogens is 1. The van der Waals surface area contributed by atoms with Gasteiger partial charge in [-0.25, -0.2) is 13.4 Å². The van der Waals surface area contributed by atoms with Gasteiger partial charge in [0.05, 0.1) is 26.5 Å². The van der Waals surface area contributed by atoms with Crippen LogP contribution in [0.15, 0.2) is 88.4 Å². The number of fused-ring (bicyclic) bond motifs is 1. The number of hydrogen-bond acceptors (Lipinski definition) is 8. The van der Waals surface area contributed by atoms with Crippen LogP contribution in [-0.2, 0) is 14.8 Å². The Morgan fingerprint density at radius 1 is 0.933 bits per heavy atom. The fourth-order valence-corrected chi connectivity index (χ4v) is 8.21. The van der Waals surface area contributed by atoms with Gasteiger partial charge in [-0.3, -0.25) is 25.0 Å². The van der Waals surface area contributed by atoms with E-state index < -0.39 is 37.9 Å². The predicted molar refractivity (Wildman–Crippen MR) is 167 cm³/mol. The topological polar surface area (TPSA) is 156 Å². The van der Waals surface area contributed by atoms with Gasteiger partial charge in [0.15, 0.2) is 0 Å². The van der Waals surface area contributed by atoms with E-state index in [0.29, 0.717) is 41.1 Å². The van der Waals surface area contributed by atoms with Crippen LogP contribution in [0.2, 0.25) is 5.02 Å². The minimum Gasteiger partial charge on any atom is -0.271 e. The Labute approximate surface area is 263 Å². The van der Waals surface area contributed by atoms with Gasteiger partial charge < -0.3 is 0 Å². The Morgan fingerprint density at radius 3 is 2.33 bits per heavy atom. The molecule has 3 atom stereocenters. The molecule has 1 amide bonds. The van der Waals surface area contributed by atoms with Gasteiger partial charge in [0.1, 0.15) is 6.04 Å². The van der Waals surface area contributed by atoms with E-state index in [1.54, 1.807) is 24.3 Å². The first-order valence-electron chi connectivity index (χ1n) is 14.4. The average Bonchev–Trinajstić information content (AvgIpc) is 3.68. The first-order chi connectivity index (χ1) is 21.5. The fourth-order valence-electron chi connectivity index (χ4n) is 6.44. The van der Waals surface area contributed by atoms with Crippen molar-refractivity contribution in [1.82, 2.24) is 9.31 Å². The lowest BCUT2D eigenvalue weighted by Gasteiger charge is -2.32. The van der Waals surface area contributed by atoms with Gasteiger partial charge in [-0.2, -0.15) is 9.41 Å². The maximum atomic E-state index is 14.4. The molecule has 1 aliphatic carbocycles. The number of hydrazone groups is 1. The van der Waals surface area contributed by atoms with Crippen LogP contribution in [0.5, 0.6) is 0 Å². The van der Waals surface area contributed by atoms with E-state index in [1.165, 1.54) is 57.8 Å². The number of sulfonamides is 1. The summed E-state index contributed by atoms with van der Waals surface area (Å²) in [5.41, 5.74) is 2.35. The molecule has 0 aromatic heterocycles. The quantitative estimate of drug-likeness (QED) is 0.220. The number of nitrogens with zero attached hydrogens (tertiary/aromatic N) is 5. The van der Waals surface area contributed by atoms with Crippen LogP contribution in [0.3, 0.4) is 0 Å². The monoisotopic (exact) mass is 649 g/mol. The molecule has 45 heavy (non-hydrogen) atoms. The largest absolute Gasteiger partial charge is 0.271 e. The van der Waals surface area contributed by atoms with Gasteiger partial charge in [0.25, 0.3) is 17.3 Å². The summed E-state index contributed by atoms with van der Waals surface area (Å²) < 4.78 is 28.5. The van der Waals surface area contributed by atoms with Gasteiger partial charge in [-0.1, -0.05) is 35.9 Å².